The fourth-order valence-corrected chi connectivity index (χ4v) is 3.39. The maximum absolute atomic E-state index is 5.62. The molecule has 0 spiro atoms. The molecule has 2 aliphatic carbocycles. The van der Waals surface area contributed by atoms with Crippen LogP contribution in [0, 0.1) is 11.8 Å². The van der Waals surface area contributed by atoms with Gasteiger partial charge in [-0.1, -0.05) is 26.7 Å². The lowest BCUT2D eigenvalue weighted by Gasteiger charge is -2.40. The normalized spacial score (nSPS) is 38.1. The molecule has 2 saturated carbocycles. The number of rotatable bonds is 5. The molecular formula is C15H29NO. The molecule has 2 fully saturated rings. The van der Waals surface area contributed by atoms with E-state index in [-0.39, 0.29) is 0 Å². The van der Waals surface area contributed by atoms with Crippen LogP contribution in [0.3, 0.4) is 0 Å². The van der Waals surface area contributed by atoms with Crippen molar-refractivity contribution in [1.29, 1.82) is 0 Å². The molecule has 2 unspecified atom stereocenters. The van der Waals surface area contributed by atoms with Crippen molar-refractivity contribution in [1.82, 2.24) is 5.32 Å². The van der Waals surface area contributed by atoms with Crippen LogP contribution in [-0.4, -0.2) is 24.8 Å². The SMILES string of the molecule is CCOC1CC(NC2CCCC(C(C)C)C2)C1. The Hall–Kier alpha value is -0.0800. The lowest BCUT2D eigenvalue weighted by molar-refractivity contribution is -0.0144. The number of hydrogen-bond acceptors (Lipinski definition) is 2. The number of nitrogens with one attached hydrogen (secondary N) is 1. The Morgan fingerprint density at radius 2 is 1.88 bits per heavy atom. The molecular weight excluding hydrogens is 210 g/mol. The molecule has 0 bridgehead atoms. The first-order valence-corrected chi connectivity index (χ1v) is 7.56. The summed E-state index contributed by atoms with van der Waals surface area (Å²) in [5.74, 6) is 1.81. The van der Waals surface area contributed by atoms with Crippen LogP contribution in [0.4, 0.5) is 0 Å². The van der Waals surface area contributed by atoms with Gasteiger partial charge in [-0.2, -0.15) is 0 Å². The Kier molecular flexibility index (Phi) is 4.87. The molecule has 17 heavy (non-hydrogen) atoms. The van der Waals surface area contributed by atoms with Crippen LogP contribution in [0.25, 0.3) is 0 Å². The maximum atomic E-state index is 5.62. The Balaban J connectivity index is 1.66. The average Bonchev–Trinajstić information content (AvgIpc) is 2.27. The van der Waals surface area contributed by atoms with Crippen LogP contribution in [0.2, 0.25) is 0 Å². The fraction of sp³-hybridized carbons (Fsp3) is 1.00. The minimum atomic E-state index is 0.544. The first-order chi connectivity index (χ1) is 8.19. The molecule has 0 aliphatic heterocycles. The van der Waals surface area contributed by atoms with Crippen LogP contribution in [0.1, 0.15) is 59.3 Å². The predicted molar refractivity (Wildman–Crippen MR) is 72.2 cm³/mol. The summed E-state index contributed by atoms with van der Waals surface area (Å²) in [4.78, 5) is 0. The van der Waals surface area contributed by atoms with Gasteiger partial charge in [0.1, 0.15) is 0 Å². The van der Waals surface area contributed by atoms with Crippen molar-refractivity contribution < 1.29 is 4.74 Å². The van der Waals surface area contributed by atoms with Crippen LogP contribution >= 0.6 is 0 Å². The summed E-state index contributed by atoms with van der Waals surface area (Å²) in [5, 5.41) is 3.85. The van der Waals surface area contributed by atoms with Crippen LogP contribution < -0.4 is 5.32 Å². The summed E-state index contributed by atoms with van der Waals surface area (Å²) in [6.07, 6.45) is 8.66. The van der Waals surface area contributed by atoms with Crippen molar-refractivity contribution in [3.8, 4) is 0 Å². The lowest BCUT2D eigenvalue weighted by Crippen LogP contribution is -2.50. The van der Waals surface area contributed by atoms with Crippen LogP contribution in [-0.2, 0) is 4.74 Å². The minimum Gasteiger partial charge on any atom is -0.378 e. The van der Waals surface area contributed by atoms with Gasteiger partial charge in [-0.25, -0.2) is 0 Å². The second kappa shape index (κ2) is 6.19. The zero-order valence-corrected chi connectivity index (χ0v) is 11.7. The van der Waals surface area contributed by atoms with Crippen molar-refractivity contribution >= 4 is 0 Å². The van der Waals surface area contributed by atoms with E-state index in [1.807, 2.05) is 0 Å². The molecule has 2 heteroatoms. The molecule has 0 saturated heterocycles. The second-order valence-corrected chi connectivity index (χ2v) is 6.28. The minimum absolute atomic E-state index is 0.544. The molecule has 2 nitrogen and oxygen atoms in total. The molecule has 2 atom stereocenters. The van der Waals surface area contributed by atoms with E-state index in [9.17, 15) is 0 Å². The third-order valence-corrected chi connectivity index (χ3v) is 4.63. The topological polar surface area (TPSA) is 21.3 Å². The van der Waals surface area contributed by atoms with Crippen molar-refractivity contribution in [3.63, 3.8) is 0 Å². The highest BCUT2D eigenvalue weighted by Crippen LogP contribution is 2.32. The lowest BCUT2D eigenvalue weighted by atomic mass is 9.78. The van der Waals surface area contributed by atoms with E-state index < -0.39 is 0 Å². The third kappa shape index (κ3) is 3.69. The molecule has 1 N–H and O–H groups in total. The molecule has 2 rings (SSSR count). The summed E-state index contributed by atoms with van der Waals surface area (Å²) in [6.45, 7) is 7.72. The standard InChI is InChI=1S/C15H29NO/c1-4-17-15-9-14(10-15)16-13-7-5-6-12(8-13)11(2)3/h11-16H,4-10H2,1-3H3. The Morgan fingerprint density at radius 1 is 1.12 bits per heavy atom. The maximum Gasteiger partial charge on any atom is 0.0604 e. The van der Waals surface area contributed by atoms with Crippen LogP contribution in [0.15, 0.2) is 0 Å². The Labute approximate surface area is 107 Å². The third-order valence-electron chi connectivity index (χ3n) is 4.63. The molecule has 0 radical (unpaired) electrons. The Bertz CT molecular complexity index is 223. The molecule has 0 amide bonds. The van der Waals surface area contributed by atoms with Crippen LogP contribution in [0.5, 0.6) is 0 Å². The van der Waals surface area contributed by atoms with Gasteiger partial charge in [0.25, 0.3) is 0 Å². The number of ether oxygens (including phenoxy) is 1. The monoisotopic (exact) mass is 239 g/mol. The number of hydrogen-bond donors (Lipinski definition) is 1. The van der Waals surface area contributed by atoms with Gasteiger partial charge >= 0.3 is 0 Å². The van der Waals surface area contributed by atoms with Gasteiger partial charge in [-0.15, -0.1) is 0 Å². The average molecular weight is 239 g/mol. The summed E-state index contributed by atoms with van der Waals surface area (Å²) >= 11 is 0. The van der Waals surface area contributed by atoms with E-state index in [0.29, 0.717) is 6.10 Å². The van der Waals surface area contributed by atoms with Gasteiger partial charge in [0.05, 0.1) is 6.10 Å². The highest BCUT2D eigenvalue weighted by atomic mass is 16.5. The highest BCUT2D eigenvalue weighted by Gasteiger charge is 2.32. The van der Waals surface area contributed by atoms with E-state index in [0.717, 1.165) is 30.5 Å². The smallest absolute Gasteiger partial charge is 0.0604 e. The summed E-state index contributed by atoms with van der Waals surface area (Å²) in [7, 11) is 0. The fourth-order valence-electron chi connectivity index (χ4n) is 3.39. The van der Waals surface area contributed by atoms with Crippen molar-refractivity contribution in [2.45, 2.75) is 77.5 Å². The molecule has 0 aromatic rings. The molecule has 0 heterocycles. The van der Waals surface area contributed by atoms with E-state index in [4.69, 9.17) is 4.74 Å². The Morgan fingerprint density at radius 3 is 2.53 bits per heavy atom. The van der Waals surface area contributed by atoms with Gasteiger partial charge in [0, 0.05) is 18.7 Å². The zero-order chi connectivity index (χ0) is 12.3. The highest BCUT2D eigenvalue weighted by molar-refractivity contribution is 4.90. The summed E-state index contributed by atoms with van der Waals surface area (Å²) in [6, 6.07) is 1.52. The zero-order valence-electron chi connectivity index (χ0n) is 11.7. The van der Waals surface area contributed by atoms with Crippen molar-refractivity contribution in [3.05, 3.63) is 0 Å². The first-order valence-electron chi connectivity index (χ1n) is 7.56. The van der Waals surface area contributed by atoms with Gasteiger partial charge in [0.2, 0.25) is 0 Å². The molecule has 0 aromatic heterocycles. The summed E-state index contributed by atoms with van der Waals surface area (Å²) < 4.78 is 5.62. The van der Waals surface area contributed by atoms with Gasteiger partial charge in [-0.05, 0) is 44.4 Å². The van der Waals surface area contributed by atoms with E-state index in [1.165, 1.54) is 38.5 Å². The molecule has 100 valence electrons. The quantitative estimate of drug-likeness (QED) is 0.794. The van der Waals surface area contributed by atoms with Gasteiger partial charge in [0.15, 0.2) is 0 Å². The van der Waals surface area contributed by atoms with E-state index in [2.05, 4.69) is 26.1 Å². The predicted octanol–water partition coefficient (Wildman–Crippen LogP) is 3.36. The largest absolute Gasteiger partial charge is 0.378 e. The first kappa shape index (κ1) is 13.4. The van der Waals surface area contributed by atoms with Gasteiger partial charge in [-0.3, -0.25) is 0 Å². The second-order valence-electron chi connectivity index (χ2n) is 6.28. The van der Waals surface area contributed by atoms with E-state index >= 15 is 0 Å². The van der Waals surface area contributed by atoms with Gasteiger partial charge < -0.3 is 10.1 Å². The van der Waals surface area contributed by atoms with E-state index in [1.54, 1.807) is 0 Å². The molecule has 0 aromatic carbocycles. The summed E-state index contributed by atoms with van der Waals surface area (Å²) in [5.41, 5.74) is 0. The van der Waals surface area contributed by atoms with Crippen molar-refractivity contribution in [2.24, 2.45) is 11.8 Å². The van der Waals surface area contributed by atoms with Crippen molar-refractivity contribution in [2.75, 3.05) is 6.61 Å². The molecule has 2 aliphatic rings.